The molecule has 4 rings (SSSR count). The molecule has 2 aliphatic heterocycles. The van der Waals surface area contributed by atoms with Crippen LogP contribution in [0, 0.1) is 13.8 Å². The molecule has 2 aromatic rings. The highest BCUT2D eigenvalue weighted by atomic mass is 16.6. The van der Waals surface area contributed by atoms with Gasteiger partial charge < -0.3 is 15.4 Å². The van der Waals surface area contributed by atoms with Gasteiger partial charge in [0.15, 0.2) is 6.17 Å². The van der Waals surface area contributed by atoms with Crippen LogP contribution in [0.4, 0.5) is 16.4 Å². The number of nitrogens with one attached hydrogen (secondary N) is 1. The summed E-state index contributed by atoms with van der Waals surface area (Å²) in [6, 6.07) is 4.05. The number of hydrogen-bond donors (Lipinski definition) is 3. The number of nitrogen functional groups attached to an aromatic ring is 2. The molecular formula is C27H41N6O2+. The summed E-state index contributed by atoms with van der Waals surface area (Å²) in [6.07, 6.45) is 7.92. The minimum absolute atomic E-state index is 0.118. The largest absolute Gasteiger partial charge is 0.444 e. The van der Waals surface area contributed by atoms with Crippen molar-refractivity contribution in [2.75, 3.05) is 31.1 Å². The standard InChI is InChI=1S/C27H40N6O2/c1-17-12-23(28)31-15-21(17)20-6-9-30-25(14-20)33-16-22(18(2)13-24(33)29)19-7-10-32(11-8-19)26(34)35-27(3,4)5/h12-13,15-16,19-20,25,29-30H,6-11,14H2,1-5H3,(H2,28,31)/p+1. The maximum absolute atomic E-state index is 12.5. The van der Waals surface area contributed by atoms with Gasteiger partial charge in [-0.1, -0.05) is 0 Å². The van der Waals surface area contributed by atoms with E-state index in [0.717, 1.165) is 38.0 Å². The van der Waals surface area contributed by atoms with Crippen molar-refractivity contribution in [1.29, 1.82) is 0 Å². The molecule has 4 heterocycles. The fourth-order valence-electron chi connectivity index (χ4n) is 5.51. The molecule has 35 heavy (non-hydrogen) atoms. The number of anilines is 2. The highest BCUT2D eigenvalue weighted by molar-refractivity contribution is 5.68. The van der Waals surface area contributed by atoms with Crippen LogP contribution >= 0.6 is 0 Å². The van der Waals surface area contributed by atoms with E-state index in [1.165, 1.54) is 22.3 Å². The molecular weight excluding hydrogens is 440 g/mol. The minimum atomic E-state index is -0.473. The number of piperidine rings is 2. The van der Waals surface area contributed by atoms with Crippen molar-refractivity contribution < 1.29 is 14.1 Å². The number of nitrogens with two attached hydrogens (primary N) is 2. The molecule has 8 nitrogen and oxygen atoms in total. The predicted octanol–water partition coefficient (Wildman–Crippen LogP) is 3.93. The zero-order valence-corrected chi connectivity index (χ0v) is 21.8. The van der Waals surface area contributed by atoms with Gasteiger partial charge in [-0.15, -0.1) is 0 Å². The van der Waals surface area contributed by atoms with Crippen molar-refractivity contribution in [2.45, 2.75) is 83.9 Å². The number of likely N-dealkylation sites (tertiary alicyclic amines) is 1. The summed E-state index contributed by atoms with van der Waals surface area (Å²) in [6.45, 7) is 12.3. The summed E-state index contributed by atoms with van der Waals surface area (Å²) in [5, 5.41) is 3.67. The van der Waals surface area contributed by atoms with Gasteiger partial charge in [-0.25, -0.2) is 14.3 Å². The number of nitrogens with zero attached hydrogens (tertiary/aromatic N) is 3. The number of amides is 1. The molecule has 2 saturated heterocycles. The van der Waals surface area contributed by atoms with Crippen molar-refractivity contribution in [3.63, 3.8) is 0 Å². The van der Waals surface area contributed by atoms with Gasteiger partial charge in [0, 0.05) is 31.8 Å². The van der Waals surface area contributed by atoms with Crippen LogP contribution < -0.4 is 21.4 Å². The number of pyridine rings is 2. The molecule has 0 spiro atoms. The van der Waals surface area contributed by atoms with Crippen LogP contribution in [0.15, 0.2) is 24.5 Å². The zero-order valence-electron chi connectivity index (χ0n) is 21.8. The second-order valence-corrected chi connectivity index (χ2v) is 11.1. The molecule has 1 amide bonds. The fourth-order valence-corrected chi connectivity index (χ4v) is 5.51. The van der Waals surface area contributed by atoms with Gasteiger partial charge in [0.1, 0.15) is 11.4 Å². The molecule has 2 fully saturated rings. The zero-order chi connectivity index (χ0) is 25.3. The van der Waals surface area contributed by atoms with Gasteiger partial charge >= 0.3 is 6.09 Å². The Kier molecular flexibility index (Phi) is 7.22. The third-order valence-corrected chi connectivity index (χ3v) is 7.31. The molecule has 2 unspecified atom stereocenters. The predicted molar refractivity (Wildman–Crippen MR) is 138 cm³/mol. The van der Waals surface area contributed by atoms with Crippen molar-refractivity contribution in [3.8, 4) is 0 Å². The molecule has 2 atom stereocenters. The first-order valence-corrected chi connectivity index (χ1v) is 12.8. The van der Waals surface area contributed by atoms with Crippen LogP contribution in [-0.4, -0.2) is 41.2 Å². The lowest BCUT2D eigenvalue weighted by molar-refractivity contribution is -0.717. The van der Waals surface area contributed by atoms with Gasteiger partial charge in [0.2, 0.25) is 0 Å². The molecule has 0 aromatic carbocycles. The first-order valence-electron chi connectivity index (χ1n) is 12.8. The Morgan fingerprint density at radius 3 is 2.43 bits per heavy atom. The Hall–Kier alpha value is -2.87. The van der Waals surface area contributed by atoms with Crippen LogP contribution in [-0.2, 0) is 4.74 Å². The highest BCUT2D eigenvalue weighted by Crippen LogP contribution is 2.34. The number of rotatable bonds is 3. The molecule has 190 valence electrons. The van der Waals surface area contributed by atoms with Gasteiger partial charge in [-0.3, -0.25) is 11.1 Å². The van der Waals surface area contributed by atoms with Crippen molar-refractivity contribution in [3.05, 3.63) is 46.8 Å². The topological polar surface area (TPSA) is 110 Å². The van der Waals surface area contributed by atoms with Crippen molar-refractivity contribution in [1.82, 2.24) is 15.2 Å². The quantitative estimate of drug-likeness (QED) is 0.573. The van der Waals surface area contributed by atoms with E-state index >= 15 is 0 Å². The maximum Gasteiger partial charge on any atom is 0.410 e. The molecule has 0 aliphatic carbocycles. The van der Waals surface area contributed by atoms with E-state index in [2.05, 4.69) is 41.0 Å². The van der Waals surface area contributed by atoms with Gasteiger partial charge in [0.25, 0.3) is 5.82 Å². The van der Waals surface area contributed by atoms with E-state index in [0.29, 0.717) is 30.7 Å². The summed E-state index contributed by atoms with van der Waals surface area (Å²) in [5.41, 5.74) is 16.9. The third-order valence-electron chi connectivity index (χ3n) is 7.31. The van der Waals surface area contributed by atoms with Crippen LogP contribution in [0.25, 0.3) is 0 Å². The lowest BCUT2D eigenvalue weighted by Gasteiger charge is -2.34. The summed E-state index contributed by atoms with van der Waals surface area (Å²) in [5.74, 6) is 2.13. The molecule has 0 saturated carbocycles. The Morgan fingerprint density at radius 2 is 1.77 bits per heavy atom. The Balaban J connectivity index is 1.49. The van der Waals surface area contributed by atoms with Gasteiger partial charge in [0.05, 0.1) is 6.20 Å². The van der Waals surface area contributed by atoms with E-state index < -0.39 is 5.60 Å². The van der Waals surface area contributed by atoms with Crippen LogP contribution in [0.3, 0.4) is 0 Å². The first kappa shape index (κ1) is 25.2. The monoisotopic (exact) mass is 481 g/mol. The van der Waals surface area contributed by atoms with Gasteiger partial charge in [-0.05, 0) is 101 Å². The summed E-state index contributed by atoms with van der Waals surface area (Å²) < 4.78 is 7.77. The van der Waals surface area contributed by atoms with Crippen molar-refractivity contribution >= 4 is 17.7 Å². The van der Waals surface area contributed by atoms with Crippen LogP contribution in [0.1, 0.15) is 86.7 Å². The van der Waals surface area contributed by atoms with Crippen molar-refractivity contribution in [2.24, 2.45) is 0 Å². The molecule has 8 heteroatoms. The highest BCUT2D eigenvalue weighted by Gasteiger charge is 2.32. The third kappa shape index (κ3) is 5.86. The summed E-state index contributed by atoms with van der Waals surface area (Å²) in [4.78, 5) is 18.7. The number of aryl methyl sites for hydroxylation is 2. The maximum atomic E-state index is 12.5. The number of ether oxygens (including phenoxy) is 1. The lowest BCUT2D eigenvalue weighted by Crippen LogP contribution is -2.52. The number of carbonyl (C=O) groups excluding carboxylic acids is 1. The minimum Gasteiger partial charge on any atom is -0.444 e. The Labute approximate surface area is 209 Å². The molecule has 5 N–H and O–H groups in total. The smallest absolute Gasteiger partial charge is 0.410 e. The lowest BCUT2D eigenvalue weighted by atomic mass is 9.86. The van der Waals surface area contributed by atoms with E-state index in [-0.39, 0.29) is 12.3 Å². The second kappa shape index (κ2) is 10.0. The van der Waals surface area contributed by atoms with E-state index in [1.807, 2.05) is 37.9 Å². The first-order chi connectivity index (χ1) is 16.5. The SMILES string of the molecule is Cc1cc(N)[n+](C2CC(c3cnc(N)cc3C)CCN2)cc1C1CCN(C(=O)OC(C)(C)C)CC1. The van der Waals surface area contributed by atoms with E-state index in [9.17, 15) is 4.79 Å². The van der Waals surface area contributed by atoms with Crippen LogP contribution in [0.2, 0.25) is 0 Å². The van der Waals surface area contributed by atoms with Crippen LogP contribution in [0.5, 0.6) is 0 Å². The normalized spacial score (nSPS) is 21.7. The average Bonchev–Trinajstić information content (AvgIpc) is 2.78. The van der Waals surface area contributed by atoms with E-state index in [1.54, 1.807) is 0 Å². The molecule has 2 aliphatic rings. The number of aromatic nitrogens is 2. The molecule has 0 bridgehead atoms. The fraction of sp³-hybridized carbons (Fsp3) is 0.593. The number of hydrogen-bond acceptors (Lipinski definition) is 6. The summed E-state index contributed by atoms with van der Waals surface area (Å²) in [7, 11) is 0. The molecule has 0 radical (unpaired) electrons. The second-order valence-electron chi connectivity index (χ2n) is 11.1. The Bertz CT molecular complexity index is 1070. The van der Waals surface area contributed by atoms with Gasteiger partial charge in [-0.2, -0.15) is 0 Å². The molecule has 2 aromatic heterocycles. The number of carbonyl (C=O) groups is 1. The summed E-state index contributed by atoms with van der Waals surface area (Å²) >= 11 is 0. The van der Waals surface area contributed by atoms with E-state index in [4.69, 9.17) is 16.2 Å². The average molecular weight is 482 g/mol. The Morgan fingerprint density at radius 1 is 1.09 bits per heavy atom.